The number of hydrogen-bond donors (Lipinski definition) is 1. The summed E-state index contributed by atoms with van der Waals surface area (Å²) in [6.07, 6.45) is 0.942. The number of amides is 2. The van der Waals surface area contributed by atoms with Crippen LogP contribution < -0.4 is 5.32 Å². The van der Waals surface area contributed by atoms with Crippen LogP contribution in [0.2, 0.25) is 0 Å². The van der Waals surface area contributed by atoms with E-state index in [1.807, 2.05) is 0 Å². The summed E-state index contributed by atoms with van der Waals surface area (Å²) in [7, 11) is 1.30. The van der Waals surface area contributed by atoms with Crippen molar-refractivity contribution in [2.75, 3.05) is 19.0 Å². The average molecular weight is 381 g/mol. The molecular weight excluding hydrogens is 358 g/mol. The fraction of sp³-hybridized carbons (Fsp3) is 0.333. The van der Waals surface area contributed by atoms with E-state index in [4.69, 9.17) is 4.74 Å². The topological polar surface area (TPSA) is 88.6 Å². The average Bonchev–Trinajstić information content (AvgIpc) is 2.92. The maximum absolute atomic E-state index is 12.6. The van der Waals surface area contributed by atoms with E-state index in [9.17, 15) is 14.4 Å². The monoisotopic (exact) mass is 381 g/mol. The summed E-state index contributed by atoms with van der Waals surface area (Å²) in [4.78, 5) is 42.8. The first kappa shape index (κ1) is 19.5. The Labute approximate surface area is 163 Å². The van der Waals surface area contributed by atoms with Gasteiger partial charge in [0.25, 0.3) is 11.8 Å². The molecular formula is C21H23N3O4. The second kappa shape index (κ2) is 8.21. The minimum atomic E-state index is -0.502. The van der Waals surface area contributed by atoms with Crippen LogP contribution in [0.5, 0.6) is 0 Å². The van der Waals surface area contributed by atoms with Gasteiger partial charge in [-0.25, -0.2) is 9.78 Å². The van der Waals surface area contributed by atoms with Crippen LogP contribution in [0.1, 0.15) is 57.0 Å². The summed E-state index contributed by atoms with van der Waals surface area (Å²) in [5, 5.41) is 3.19. The van der Waals surface area contributed by atoms with Crippen LogP contribution in [-0.2, 0) is 11.3 Å². The molecule has 0 saturated carbocycles. The SMILES string of the molecule is COC(=O)c1cc(CN2C(=O)c3ccccc3C2=O)nc(NCCC(C)C)c1. The number of pyridine rings is 1. The molecule has 7 nitrogen and oxygen atoms in total. The molecule has 2 heterocycles. The Hall–Kier alpha value is -3.22. The third kappa shape index (κ3) is 4.03. The van der Waals surface area contributed by atoms with Gasteiger partial charge in [0.1, 0.15) is 5.82 Å². The fourth-order valence-electron chi connectivity index (χ4n) is 3.03. The number of nitrogens with one attached hydrogen (secondary N) is 1. The standard InChI is InChI=1S/C21H23N3O4/c1-13(2)8-9-22-18-11-14(21(27)28-3)10-15(23-18)12-24-19(25)16-6-4-5-7-17(16)20(24)26/h4-7,10-11,13H,8-9,12H2,1-3H3,(H,22,23). The Bertz CT molecular complexity index is 889. The highest BCUT2D eigenvalue weighted by Crippen LogP contribution is 2.24. The molecule has 1 aliphatic heterocycles. The van der Waals surface area contributed by atoms with E-state index in [0.29, 0.717) is 40.7 Å². The third-order valence-electron chi connectivity index (χ3n) is 4.53. The van der Waals surface area contributed by atoms with Gasteiger partial charge in [-0.05, 0) is 36.6 Å². The second-order valence-electron chi connectivity index (χ2n) is 7.08. The van der Waals surface area contributed by atoms with Gasteiger partial charge in [-0.1, -0.05) is 26.0 Å². The number of fused-ring (bicyclic) bond motifs is 1. The third-order valence-corrected chi connectivity index (χ3v) is 4.53. The maximum Gasteiger partial charge on any atom is 0.338 e. The number of nitrogens with zero attached hydrogens (tertiary/aromatic N) is 2. The molecule has 0 radical (unpaired) electrons. The lowest BCUT2D eigenvalue weighted by molar-refractivity contribution is 0.0599. The van der Waals surface area contributed by atoms with Gasteiger partial charge in [0.05, 0.1) is 36.0 Å². The summed E-state index contributed by atoms with van der Waals surface area (Å²) >= 11 is 0. The van der Waals surface area contributed by atoms with Crippen molar-refractivity contribution in [2.24, 2.45) is 5.92 Å². The van der Waals surface area contributed by atoms with E-state index in [2.05, 4.69) is 24.1 Å². The number of rotatable bonds is 7. The minimum Gasteiger partial charge on any atom is -0.465 e. The molecule has 7 heteroatoms. The molecule has 28 heavy (non-hydrogen) atoms. The Kier molecular flexibility index (Phi) is 5.73. The first-order chi connectivity index (χ1) is 13.4. The van der Waals surface area contributed by atoms with E-state index in [0.717, 1.165) is 11.3 Å². The van der Waals surface area contributed by atoms with Crippen molar-refractivity contribution in [3.05, 3.63) is 58.8 Å². The van der Waals surface area contributed by atoms with E-state index >= 15 is 0 Å². The number of anilines is 1. The van der Waals surface area contributed by atoms with Crippen molar-refractivity contribution >= 4 is 23.6 Å². The molecule has 3 rings (SSSR count). The quantitative estimate of drug-likeness (QED) is 0.586. The van der Waals surface area contributed by atoms with Crippen LogP contribution in [0.4, 0.5) is 5.82 Å². The summed E-state index contributed by atoms with van der Waals surface area (Å²) in [6, 6.07) is 9.86. The first-order valence-electron chi connectivity index (χ1n) is 9.19. The van der Waals surface area contributed by atoms with Crippen LogP contribution in [0, 0.1) is 5.92 Å². The molecule has 0 aliphatic carbocycles. The summed E-state index contributed by atoms with van der Waals surface area (Å²) in [6.45, 7) is 4.92. The predicted octanol–water partition coefficient (Wildman–Crippen LogP) is 3.12. The van der Waals surface area contributed by atoms with Crippen molar-refractivity contribution in [1.29, 1.82) is 0 Å². The van der Waals surface area contributed by atoms with Crippen LogP contribution in [0.25, 0.3) is 0 Å². The zero-order chi connectivity index (χ0) is 20.3. The highest BCUT2D eigenvalue weighted by Gasteiger charge is 2.35. The van der Waals surface area contributed by atoms with Gasteiger partial charge in [0.2, 0.25) is 0 Å². The lowest BCUT2D eigenvalue weighted by Crippen LogP contribution is -2.29. The molecule has 1 aromatic heterocycles. The predicted molar refractivity (Wildman–Crippen MR) is 104 cm³/mol. The number of methoxy groups -OCH3 is 1. The zero-order valence-corrected chi connectivity index (χ0v) is 16.2. The van der Waals surface area contributed by atoms with Crippen LogP contribution in [0.3, 0.4) is 0 Å². The molecule has 1 aliphatic rings. The molecule has 0 fully saturated rings. The number of ether oxygens (including phenoxy) is 1. The van der Waals surface area contributed by atoms with E-state index in [1.165, 1.54) is 7.11 Å². The maximum atomic E-state index is 12.6. The lowest BCUT2D eigenvalue weighted by atomic mass is 10.1. The highest BCUT2D eigenvalue weighted by molar-refractivity contribution is 6.21. The Balaban J connectivity index is 1.85. The second-order valence-corrected chi connectivity index (χ2v) is 7.08. The minimum absolute atomic E-state index is 0.0178. The number of benzene rings is 1. The van der Waals surface area contributed by atoms with Crippen molar-refractivity contribution in [1.82, 2.24) is 9.88 Å². The summed E-state index contributed by atoms with van der Waals surface area (Å²) < 4.78 is 4.81. The van der Waals surface area contributed by atoms with E-state index < -0.39 is 5.97 Å². The summed E-state index contributed by atoms with van der Waals surface area (Å²) in [5.74, 6) is -0.192. The lowest BCUT2D eigenvalue weighted by Gasteiger charge is -2.15. The van der Waals surface area contributed by atoms with Gasteiger partial charge in [0.15, 0.2) is 0 Å². The first-order valence-corrected chi connectivity index (χ1v) is 9.19. The van der Waals surface area contributed by atoms with Crippen LogP contribution in [-0.4, -0.2) is 41.3 Å². The van der Waals surface area contributed by atoms with Gasteiger partial charge in [-0.15, -0.1) is 0 Å². The highest BCUT2D eigenvalue weighted by atomic mass is 16.5. The Morgan fingerprint density at radius 1 is 1.14 bits per heavy atom. The number of imide groups is 1. The number of esters is 1. The molecule has 2 amide bonds. The number of carbonyl (C=O) groups is 3. The van der Waals surface area contributed by atoms with Gasteiger partial charge in [-0.2, -0.15) is 0 Å². The molecule has 0 saturated heterocycles. The van der Waals surface area contributed by atoms with Gasteiger partial charge < -0.3 is 10.1 Å². The van der Waals surface area contributed by atoms with Crippen LogP contribution in [0.15, 0.2) is 36.4 Å². The molecule has 0 spiro atoms. The van der Waals surface area contributed by atoms with Gasteiger partial charge in [-0.3, -0.25) is 14.5 Å². The smallest absolute Gasteiger partial charge is 0.338 e. The summed E-state index contributed by atoms with van der Waals surface area (Å²) in [5.41, 5.74) is 1.51. The van der Waals surface area contributed by atoms with E-state index in [1.54, 1.807) is 36.4 Å². The largest absolute Gasteiger partial charge is 0.465 e. The Morgan fingerprint density at radius 2 is 1.79 bits per heavy atom. The van der Waals surface area contributed by atoms with E-state index in [-0.39, 0.29) is 18.4 Å². The molecule has 0 bridgehead atoms. The molecule has 0 atom stereocenters. The van der Waals surface area contributed by atoms with Crippen LogP contribution >= 0.6 is 0 Å². The molecule has 1 N–H and O–H groups in total. The normalized spacial score (nSPS) is 13.1. The Morgan fingerprint density at radius 3 is 2.36 bits per heavy atom. The number of hydrogen-bond acceptors (Lipinski definition) is 6. The van der Waals surface area contributed by atoms with Crippen molar-refractivity contribution in [3.63, 3.8) is 0 Å². The number of carbonyl (C=O) groups excluding carboxylic acids is 3. The molecule has 2 aromatic rings. The number of aromatic nitrogens is 1. The molecule has 0 unspecified atom stereocenters. The molecule has 1 aromatic carbocycles. The fourth-order valence-corrected chi connectivity index (χ4v) is 3.03. The zero-order valence-electron chi connectivity index (χ0n) is 16.2. The van der Waals surface area contributed by atoms with Gasteiger partial charge >= 0.3 is 5.97 Å². The van der Waals surface area contributed by atoms with Gasteiger partial charge in [0, 0.05) is 6.54 Å². The van der Waals surface area contributed by atoms with Crippen molar-refractivity contribution in [3.8, 4) is 0 Å². The van der Waals surface area contributed by atoms with Crippen molar-refractivity contribution in [2.45, 2.75) is 26.8 Å². The van der Waals surface area contributed by atoms with Crippen molar-refractivity contribution < 1.29 is 19.1 Å². The molecule has 146 valence electrons.